The number of ether oxygens (including phenoxy) is 4. The summed E-state index contributed by atoms with van der Waals surface area (Å²) < 4.78 is 22.3. The van der Waals surface area contributed by atoms with Gasteiger partial charge in [-0.1, -0.05) is 18.2 Å². The molecule has 2 heterocycles. The van der Waals surface area contributed by atoms with Gasteiger partial charge in [-0.2, -0.15) is 0 Å². The van der Waals surface area contributed by atoms with Gasteiger partial charge < -0.3 is 18.9 Å². The van der Waals surface area contributed by atoms with Gasteiger partial charge in [0.2, 0.25) is 0 Å². The SMILES string of the molecule is C=C(C)C(=O)O[C@@H]1C/C(C)=C/CC[C@]2(C)O[C@@H]2[C@@H]2OC(=O)C(COC(C)=O)=C21. The Labute approximate surface area is 164 Å². The second-order valence-corrected chi connectivity index (χ2v) is 7.86. The molecule has 0 radical (unpaired) electrons. The highest BCUT2D eigenvalue weighted by molar-refractivity contribution is 5.94. The Kier molecular flexibility index (Phi) is 5.48. The molecule has 0 saturated carbocycles. The Bertz CT molecular complexity index is 791. The van der Waals surface area contributed by atoms with Crippen LogP contribution in [0.4, 0.5) is 0 Å². The average Bonchev–Trinajstić information content (AvgIpc) is 3.15. The number of esters is 3. The molecule has 0 aromatic heterocycles. The summed E-state index contributed by atoms with van der Waals surface area (Å²) in [5, 5.41) is 0. The van der Waals surface area contributed by atoms with E-state index < -0.39 is 35.7 Å². The lowest BCUT2D eigenvalue weighted by molar-refractivity contribution is -0.143. The van der Waals surface area contributed by atoms with Crippen LogP contribution in [-0.4, -0.2) is 48.4 Å². The van der Waals surface area contributed by atoms with Crippen LogP contribution < -0.4 is 0 Å². The number of epoxide rings is 1. The fourth-order valence-corrected chi connectivity index (χ4v) is 3.72. The van der Waals surface area contributed by atoms with E-state index in [0.717, 1.165) is 18.4 Å². The van der Waals surface area contributed by atoms with E-state index >= 15 is 0 Å². The number of hydrogen-bond donors (Lipinski definition) is 0. The summed E-state index contributed by atoms with van der Waals surface area (Å²) in [6.45, 7) is 10.2. The van der Waals surface area contributed by atoms with Gasteiger partial charge in [0.15, 0.2) is 6.10 Å². The molecule has 0 bridgehead atoms. The lowest BCUT2D eigenvalue weighted by atomic mass is 9.87. The van der Waals surface area contributed by atoms with Crippen molar-refractivity contribution < 1.29 is 33.3 Å². The molecule has 0 aromatic rings. The molecule has 0 unspecified atom stereocenters. The van der Waals surface area contributed by atoms with Crippen molar-refractivity contribution in [1.29, 1.82) is 0 Å². The second kappa shape index (κ2) is 7.54. The monoisotopic (exact) mass is 390 g/mol. The van der Waals surface area contributed by atoms with Crippen molar-refractivity contribution in [2.24, 2.45) is 0 Å². The van der Waals surface area contributed by atoms with Gasteiger partial charge >= 0.3 is 17.9 Å². The smallest absolute Gasteiger partial charge is 0.338 e. The highest BCUT2D eigenvalue weighted by Gasteiger charge is 2.61. The minimum atomic E-state index is -0.728. The fourth-order valence-electron chi connectivity index (χ4n) is 3.72. The number of rotatable bonds is 4. The summed E-state index contributed by atoms with van der Waals surface area (Å²) in [6.07, 6.45) is 2.40. The first-order valence-electron chi connectivity index (χ1n) is 9.39. The van der Waals surface area contributed by atoms with Crippen LogP contribution in [0.15, 0.2) is 34.9 Å². The Morgan fingerprint density at radius 1 is 1.36 bits per heavy atom. The summed E-state index contributed by atoms with van der Waals surface area (Å²) >= 11 is 0. The number of fused-ring (bicyclic) bond motifs is 3. The quantitative estimate of drug-likeness (QED) is 0.239. The first kappa shape index (κ1) is 20.3. The molecular weight excluding hydrogens is 364 g/mol. The lowest BCUT2D eigenvalue weighted by Crippen LogP contribution is -2.33. The zero-order chi connectivity index (χ0) is 20.6. The van der Waals surface area contributed by atoms with Crippen LogP contribution in [0.1, 0.15) is 47.0 Å². The molecule has 1 fully saturated rings. The van der Waals surface area contributed by atoms with E-state index in [4.69, 9.17) is 18.9 Å². The Morgan fingerprint density at radius 2 is 2.07 bits per heavy atom. The van der Waals surface area contributed by atoms with Crippen molar-refractivity contribution in [3.63, 3.8) is 0 Å². The zero-order valence-electron chi connectivity index (χ0n) is 16.7. The van der Waals surface area contributed by atoms with Gasteiger partial charge in [-0.05, 0) is 33.6 Å². The molecule has 7 heteroatoms. The number of carbonyl (C=O) groups excluding carboxylic acids is 3. The van der Waals surface area contributed by atoms with E-state index in [1.54, 1.807) is 6.92 Å². The molecule has 0 aromatic carbocycles. The van der Waals surface area contributed by atoms with Crippen molar-refractivity contribution in [3.05, 3.63) is 34.9 Å². The van der Waals surface area contributed by atoms with Crippen LogP contribution in [0, 0.1) is 0 Å². The van der Waals surface area contributed by atoms with Crippen LogP contribution in [0.2, 0.25) is 0 Å². The van der Waals surface area contributed by atoms with E-state index in [-0.39, 0.29) is 23.9 Å². The molecule has 152 valence electrons. The number of carbonyl (C=O) groups is 3. The third-order valence-electron chi connectivity index (χ3n) is 5.36. The molecule has 1 saturated heterocycles. The van der Waals surface area contributed by atoms with Crippen LogP contribution in [0.25, 0.3) is 0 Å². The highest BCUT2D eigenvalue weighted by atomic mass is 16.6. The van der Waals surface area contributed by atoms with Gasteiger partial charge in [0, 0.05) is 24.5 Å². The Balaban J connectivity index is 2.04. The van der Waals surface area contributed by atoms with E-state index in [1.807, 2.05) is 13.8 Å². The van der Waals surface area contributed by atoms with E-state index in [9.17, 15) is 14.4 Å². The first-order chi connectivity index (χ1) is 13.1. The third-order valence-corrected chi connectivity index (χ3v) is 5.36. The van der Waals surface area contributed by atoms with Gasteiger partial charge in [-0.25, -0.2) is 9.59 Å². The second-order valence-electron chi connectivity index (χ2n) is 7.86. The predicted octanol–water partition coefficient (Wildman–Crippen LogP) is 2.55. The van der Waals surface area contributed by atoms with Crippen molar-refractivity contribution >= 4 is 17.9 Å². The maximum absolute atomic E-state index is 12.6. The summed E-state index contributed by atoms with van der Waals surface area (Å²) in [5.74, 6) is -1.63. The normalized spacial score (nSPS) is 33.6. The van der Waals surface area contributed by atoms with Crippen molar-refractivity contribution in [2.75, 3.05) is 6.61 Å². The van der Waals surface area contributed by atoms with Gasteiger partial charge in [-0.15, -0.1) is 0 Å². The van der Waals surface area contributed by atoms with Gasteiger partial charge in [0.05, 0.1) is 11.2 Å². The molecule has 1 aliphatic carbocycles. The van der Waals surface area contributed by atoms with Crippen LogP contribution >= 0.6 is 0 Å². The maximum Gasteiger partial charge on any atom is 0.338 e. The van der Waals surface area contributed by atoms with E-state index in [2.05, 4.69) is 12.7 Å². The largest absolute Gasteiger partial charge is 0.461 e. The van der Waals surface area contributed by atoms with Crippen LogP contribution in [0.5, 0.6) is 0 Å². The molecule has 0 amide bonds. The van der Waals surface area contributed by atoms with Crippen LogP contribution in [0.3, 0.4) is 0 Å². The fraction of sp³-hybridized carbons (Fsp3) is 0.571. The summed E-state index contributed by atoms with van der Waals surface area (Å²) in [5.41, 5.74) is 1.61. The molecular formula is C21H26O7. The number of hydrogen-bond acceptors (Lipinski definition) is 7. The standard InChI is InChI=1S/C21H26O7/c1-11(2)19(23)26-15-9-12(3)7-6-8-21(5)18(28-21)17-16(15)14(20(24)27-17)10-25-13(4)22/h7,15,17-18H,1,6,8-10H2,2-5H3/b12-7+/t15-,17-,18-,21+/m1/s1. The van der Waals surface area contributed by atoms with Crippen molar-refractivity contribution in [3.8, 4) is 0 Å². The lowest BCUT2D eigenvalue weighted by Gasteiger charge is -2.25. The van der Waals surface area contributed by atoms with Crippen molar-refractivity contribution in [1.82, 2.24) is 0 Å². The summed E-state index contributed by atoms with van der Waals surface area (Å²) in [6, 6.07) is 0. The van der Waals surface area contributed by atoms with E-state index in [1.165, 1.54) is 6.92 Å². The van der Waals surface area contributed by atoms with Crippen molar-refractivity contribution in [2.45, 2.75) is 70.9 Å². The Hall–Kier alpha value is -2.41. The van der Waals surface area contributed by atoms with E-state index in [0.29, 0.717) is 12.0 Å². The minimum absolute atomic E-state index is 0.214. The predicted molar refractivity (Wildman–Crippen MR) is 99.1 cm³/mol. The molecule has 2 aliphatic heterocycles. The molecule has 3 aliphatic rings. The minimum Gasteiger partial charge on any atom is -0.461 e. The molecule has 3 rings (SSSR count). The maximum atomic E-state index is 12.6. The average molecular weight is 390 g/mol. The zero-order valence-corrected chi connectivity index (χ0v) is 16.7. The first-order valence-corrected chi connectivity index (χ1v) is 9.39. The topological polar surface area (TPSA) is 91.4 Å². The van der Waals surface area contributed by atoms with Gasteiger partial charge in [-0.3, -0.25) is 4.79 Å². The number of allylic oxidation sites excluding steroid dienone is 1. The van der Waals surface area contributed by atoms with Gasteiger partial charge in [0.1, 0.15) is 18.8 Å². The molecule has 4 atom stereocenters. The molecule has 0 spiro atoms. The van der Waals surface area contributed by atoms with Crippen LogP contribution in [-0.2, 0) is 33.3 Å². The summed E-state index contributed by atoms with van der Waals surface area (Å²) in [7, 11) is 0. The third kappa shape index (κ3) is 4.04. The molecule has 28 heavy (non-hydrogen) atoms. The highest BCUT2D eigenvalue weighted by Crippen LogP contribution is 2.49. The van der Waals surface area contributed by atoms with Gasteiger partial charge in [0.25, 0.3) is 0 Å². The Morgan fingerprint density at radius 3 is 2.71 bits per heavy atom. The molecule has 7 nitrogen and oxygen atoms in total. The summed E-state index contributed by atoms with van der Waals surface area (Å²) in [4.78, 5) is 36.1. The molecule has 0 N–H and O–H groups in total.